The van der Waals surface area contributed by atoms with Crippen molar-refractivity contribution in [3.8, 4) is 45.3 Å². The molecule has 0 N–H and O–H groups in total. The van der Waals surface area contributed by atoms with E-state index in [2.05, 4.69) is 52.0 Å². The Morgan fingerprint density at radius 3 is 0.989 bits per heavy atom. The Hall–Kier alpha value is -10.7. The topological polar surface area (TPSA) is 124 Å². The van der Waals surface area contributed by atoms with Crippen molar-refractivity contribution >= 4 is 102 Å². The predicted octanol–water partition coefficient (Wildman–Crippen LogP) is 13.5. The first kappa shape index (κ1) is 54.7. The smallest absolute Gasteiger partial charge is 0.338 e. The second kappa shape index (κ2) is 21.6. The third-order valence-corrected chi connectivity index (χ3v) is 18.4. The Labute approximate surface area is 520 Å². The highest BCUT2D eigenvalue weighted by Crippen LogP contribution is 2.50. The molecule has 434 valence electrons. The van der Waals surface area contributed by atoms with E-state index in [4.69, 9.17) is 28.4 Å². The van der Waals surface area contributed by atoms with E-state index in [0.29, 0.717) is 45.3 Å². The molecule has 12 heteroatoms. The van der Waals surface area contributed by atoms with E-state index < -0.39 is 37.3 Å². The number of hydrogen-bond donors (Lipinski definition) is 0. The molecule has 0 fully saturated rings. The van der Waals surface area contributed by atoms with Crippen LogP contribution in [0.2, 0.25) is 0 Å². The number of fused-ring (bicyclic) bond motifs is 8. The van der Waals surface area contributed by atoms with Crippen molar-refractivity contribution < 1.29 is 47.6 Å². The summed E-state index contributed by atoms with van der Waals surface area (Å²) >= 11 is 0. The molecule has 0 aliphatic carbocycles. The van der Waals surface area contributed by atoms with Crippen LogP contribution in [0.15, 0.2) is 206 Å². The molecule has 4 aliphatic heterocycles. The van der Waals surface area contributed by atoms with Gasteiger partial charge in [-0.1, -0.05) is 184 Å². The van der Waals surface area contributed by atoms with Gasteiger partial charge in [0, 0.05) is 0 Å². The molecule has 0 unspecified atom stereocenters. The lowest BCUT2D eigenvalue weighted by Crippen LogP contribution is -2.58. The second-order valence-corrected chi connectivity index (χ2v) is 24.6. The van der Waals surface area contributed by atoms with E-state index in [9.17, 15) is 19.2 Å². The van der Waals surface area contributed by atoms with Gasteiger partial charge in [0.15, 0.2) is 0 Å². The lowest BCUT2D eigenvalue weighted by Gasteiger charge is -2.38. The van der Waals surface area contributed by atoms with Crippen molar-refractivity contribution in [2.24, 2.45) is 0 Å². The van der Waals surface area contributed by atoms with Gasteiger partial charge < -0.3 is 28.4 Å². The van der Waals surface area contributed by atoms with Gasteiger partial charge in [0.1, 0.15) is 49.4 Å². The average Bonchev–Trinajstić information content (AvgIpc) is 0.670. The Balaban J connectivity index is 0.932. The summed E-state index contributed by atoms with van der Waals surface area (Å²) in [5, 5.41) is 6.47. The number of benzene rings is 12. The highest BCUT2D eigenvalue weighted by molar-refractivity contribution is 7.01. The van der Waals surface area contributed by atoms with Crippen LogP contribution in [0.1, 0.15) is 114 Å². The van der Waals surface area contributed by atoms with E-state index in [1.807, 2.05) is 158 Å². The zero-order chi connectivity index (χ0) is 61.1. The largest absolute Gasteiger partial charge is 0.458 e. The van der Waals surface area contributed by atoms with E-state index in [1.165, 1.54) is 0 Å². The van der Waals surface area contributed by atoms with Gasteiger partial charge in [-0.15, -0.1) is 0 Å². The highest BCUT2D eigenvalue weighted by Gasteiger charge is 2.45. The molecule has 0 amide bonds. The summed E-state index contributed by atoms with van der Waals surface area (Å²) in [7, 11) is 0. The van der Waals surface area contributed by atoms with Crippen LogP contribution in [0.3, 0.4) is 0 Å². The minimum absolute atomic E-state index is 0.0254. The van der Waals surface area contributed by atoms with Crippen LogP contribution in [0.5, 0.6) is 23.0 Å². The van der Waals surface area contributed by atoms with Crippen LogP contribution in [0.25, 0.3) is 54.6 Å². The van der Waals surface area contributed by atoms with E-state index >= 15 is 0 Å². The van der Waals surface area contributed by atoms with Crippen LogP contribution < -0.4 is 42.3 Å². The first-order chi connectivity index (χ1) is 43.9. The van der Waals surface area contributed by atoms with Crippen LogP contribution in [-0.2, 0) is 45.4 Å². The van der Waals surface area contributed by atoms with Crippen molar-refractivity contribution in [3.05, 3.63) is 262 Å². The third-order valence-electron chi connectivity index (χ3n) is 18.4. The number of hydrogen-bond acceptors (Lipinski definition) is 10. The lowest BCUT2D eigenvalue weighted by molar-refractivity contribution is 0.0463. The molecule has 4 aliphatic rings. The first-order valence-electron chi connectivity index (χ1n) is 30.6. The summed E-state index contributed by atoms with van der Waals surface area (Å²) in [6, 6.07) is 66.5. The van der Waals surface area contributed by atoms with E-state index in [1.54, 1.807) is 24.3 Å². The molecule has 0 saturated heterocycles. The Morgan fingerprint density at radius 2 is 0.656 bits per heavy atom. The summed E-state index contributed by atoms with van der Waals surface area (Å²) in [6.45, 7) is 8.48. The fourth-order valence-corrected chi connectivity index (χ4v) is 14.3. The minimum Gasteiger partial charge on any atom is -0.458 e. The standard InChI is InChI=1S/C78H56B2O10/c1-43(2)53-35-55-59-29-51(77(83)87-41-47-21-13-7-14-22-47)33-67-73(59)80(62-28-26-50(32-66(62)89-67)76(82)86-40-46-19-11-6-12-20-46)64-38-58-54(44(3)4)36-56-60-30-52(78(84)88-42-48-23-15-8-16-24-48)34-68-74(60)79(63-37-57(53)71(69(55)64)72(58)70(56)63)61-27-25-49(31-65(61)90-68)75(81)85-39-45-17-9-5-10-18-45/h5-38,43-44H,39-42H2,1-4H3. The van der Waals surface area contributed by atoms with Gasteiger partial charge in [-0.25, -0.2) is 19.2 Å². The van der Waals surface area contributed by atoms with Crippen LogP contribution in [0.4, 0.5) is 0 Å². The normalized spacial score (nSPS) is 12.7. The fourth-order valence-electron chi connectivity index (χ4n) is 14.3. The fraction of sp³-hybridized carbons (Fsp3) is 0.128. The van der Waals surface area contributed by atoms with Crippen molar-refractivity contribution in [2.45, 2.75) is 66.0 Å². The molecule has 0 atom stereocenters. The number of carbonyl (C=O) groups excluding carboxylic acids is 4. The molecule has 16 rings (SSSR count). The number of carbonyl (C=O) groups is 4. The molecule has 0 aromatic heterocycles. The van der Waals surface area contributed by atoms with Gasteiger partial charge in [0.25, 0.3) is 13.4 Å². The maximum absolute atomic E-state index is 14.6. The summed E-state index contributed by atoms with van der Waals surface area (Å²) in [5.41, 5.74) is 16.4. The molecule has 0 saturated carbocycles. The summed E-state index contributed by atoms with van der Waals surface area (Å²) < 4.78 is 37.9. The molecule has 12 aromatic carbocycles. The summed E-state index contributed by atoms with van der Waals surface area (Å²) in [5.74, 6) is 0.0484. The van der Waals surface area contributed by atoms with Crippen LogP contribution >= 0.6 is 0 Å². The van der Waals surface area contributed by atoms with E-state index in [-0.39, 0.29) is 38.3 Å². The Bertz CT molecular complexity index is 4670. The molecule has 10 nitrogen and oxygen atoms in total. The zero-order valence-electron chi connectivity index (χ0n) is 49.9. The molecule has 4 heterocycles. The van der Waals surface area contributed by atoms with Crippen molar-refractivity contribution in [2.75, 3.05) is 0 Å². The van der Waals surface area contributed by atoms with Gasteiger partial charge in [-0.3, -0.25) is 0 Å². The first-order valence-corrected chi connectivity index (χ1v) is 30.6. The lowest BCUT2D eigenvalue weighted by atomic mass is 9.31. The minimum atomic E-state index is -0.498. The maximum atomic E-state index is 14.6. The number of ether oxygens (including phenoxy) is 6. The van der Waals surface area contributed by atoms with Crippen LogP contribution in [-0.4, -0.2) is 37.3 Å². The molecule has 0 radical (unpaired) electrons. The van der Waals surface area contributed by atoms with Crippen molar-refractivity contribution in [3.63, 3.8) is 0 Å². The average molecular weight is 1170 g/mol. The molecule has 0 spiro atoms. The zero-order valence-corrected chi connectivity index (χ0v) is 49.9. The van der Waals surface area contributed by atoms with Crippen molar-refractivity contribution in [1.29, 1.82) is 0 Å². The molecular weight excluding hydrogens is 1120 g/mol. The summed E-state index contributed by atoms with van der Waals surface area (Å²) in [6.07, 6.45) is 0. The molecule has 0 bridgehead atoms. The van der Waals surface area contributed by atoms with Gasteiger partial charge in [-0.05, 0) is 182 Å². The molecule has 90 heavy (non-hydrogen) atoms. The maximum Gasteiger partial charge on any atom is 0.338 e. The monoisotopic (exact) mass is 1170 g/mol. The predicted molar refractivity (Wildman–Crippen MR) is 354 cm³/mol. The quantitative estimate of drug-likeness (QED) is 0.0450. The van der Waals surface area contributed by atoms with E-state index in [0.717, 1.165) is 121 Å². The van der Waals surface area contributed by atoms with Gasteiger partial charge >= 0.3 is 23.9 Å². The second-order valence-electron chi connectivity index (χ2n) is 24.6. The van der Waals surface area contributed by atoms with Crippen LogP contribution in [0, 0.1) is 0 Å². The van der Waals surface area contributed by atoms with Gasteiger partial charge in [-0.2, -0.15) is 0 Å². The molecule has 12 aromatic rings. The van der Waals surface area contributed by atoms with Gasteiger partial charge in [0.05, 0.1) is 22.3 Å². The molecular formula is C78H56B2O10. The van der Waals surface area contributed by atoms with Crippen molar-refractivity contribution in [1.82, 2.24) is 0 Å². The van der Waals surface area contributed by atoms with Gasteiger partial charge in [0.2, 0.25) is 0 Å². The Morgan fingerprint density at radius 1 is 0.333 bits per heavy atom. The highest BCUT2D eigenvalue weighted by atomic mass is 16.5. The SMILES string of the molecule is CC(C)c1cc2c3c(cc4c(C(C)C)cc5c6c(cc1c3c46)B1c3ccc(C(=O)OCc4ccccc4)cc3Oc3cc(C(=O)OCc4ccccc4)cc-5c31)B1c3ccc(C(=O)OCc4ccccc4)cc3Oc3cc(C(=O)OCc4ccccc4)cc-2c31. The number of esters is 4. The Kier molecular flexibility index (Phi) is 13.1. The summed E-state index contributed by atoms with van der Waals surface area (Å²) in [4.78, 5) is 57.1. The third kappa shape index (κ3) is 9.02. The number of rotatable bonds is 14.